The number of rotatable bonds is 5. The van der Waals surface area contributed by atoms with E-state index in [-0.39, 0.29) is 0 Å². The lowest BCUT2D eigenvalue weighted by Crippen LogP contribution is -2.00. The molecule has 0 N–H and O–H groups in total. The van der Waals surface area contributed by atoms with Gasteiger partial charge in [0.25, 0.3) is 0 Å². The van der Waals surface area contributed by atoms with Crippen LogP contribution >= 0.6 is 56.8 Å². The lowest BCUT2D eigenvalue weighted by atomic mass is 10.0. The summed E-state index contributed by atoms with van der Waals surface area (Å²) < 4.78 is 8.24. The lowest BCUT2D eigenvalue weighted by molar-refractivity contribution is 0.303. The summed E-state index contributed by atoms with van der Waals surface area (Å²) in [6.45, 7) is 0.497. The molecule has 0 saturated carbocycles. The molecule has 0 radical (unpaired) electrons. The van der Waals surface area contributed by atoms with Gasteiger partial charge in [-0.3, -0.25) is 0 Å². The van der Waals surface area contributed by atoms with Crippen LogP contribution in [0.3, 0.4) is 0 Å². The van der Waals surface area contributed by atoms with Crippen molar-refractivity contribution < 1.29 is 4.74 Å². The summed E-state index contributed by atoms with van der Waals surface area (Å²) in [5, 5.41) is 12.7. The Morgan fingerprint density at radius 2 is 1.61 bits per heavy atom. The molecular formula is C26H16ClI2NO. The topological polar surface area (TPSA) is 33.0 Å². The van der Waals surface area contributed by atoms with Gasteiger partial charge in [-0.05, 0) is 103 Å². The van der Waals surface area contributed by atoms with Gasteiger partial charge in [-0.25, -0.2) is 0 Å². The van der Waals surface area contributed by atoms with Crippen LogP contribution in [0.2, 0.25) is 5.02 Å². The number of hydrogen-bond donors (Lipinski definition) is 0. The van der Waals surface area contributed by atoms with Crippen molar-refractivity contribution >= 4 is 79.2 Å². The second-order valence-electron chi connectivity index (χ2n) is 6.92. The number of nitriles is 1. The van der Waals surface area contributed by atoms with E-state index in [0.29, 0.717) is 17.2 Å². The van der Waals surface area contributed by atoms with Gasteiger partial charge < -0.3 is 4.74 Å². The van der Waals surface area contributed by atoms with Gasteiger partial charge in [0, 0.05) is 5.02 Å². The highest BCUT2D eigenvalue weighted by Gasteiger charge is 2.11. The lowest BCUT2D eigenvalue weighted by Gasteiger charge is -2.13. The molecule has 4 rings (SSSR count). The minimum absolute atomic E-state index is 0.497. The molecule has 4 aromatic carbocycles. The highest BCUT2D eigenvalue weighted by Crippen LogP contribution is 2.32. The molecule has 0 atom stereocenters. The molecule has 0 saturated heterocycles. The largest absolute Gasteiger partial charge is 0.487 e. The Labute approximate surface area is 213 Å². The van der Waals surface area contributed by atoms with E-state index in [4.69, 9.17) is 16.3 Å². The summed E-state index contributed by atoms with van der Waals surface area (Å²) in [6.07, 6.45) is 1.89. The number of ether oxygens (including phenoxy) is 1. The van der Waals surface area contributed by atoms with E-state index in [2.05, 4.69) is 81.6 Å². The van der Waals surface area contributed by atoms with Crippen LogP contribution in [-0.4, -0.2) is 0 Å². The van der Waals surface area contributed by atoms with Crippen LogP contribution in [0.15, 0.2) is 78.9 Å². The zero-order valence-corrected chi connectivity index (χ0v) is 21.4. The van der Waals surface area contributed by atoms with Crippen molar-refractivity contribution in [2.75, 3.05) is 0 Å². The number of benzene rings is 4. The van der Waals surface area contributed by atoms with Crippen LogP contribution in [-0.2, 0) is 6.61 Å². The molecule has 0 spiro atoms. The zero-order chi connectivity index (χ0) is 21.8. The Morgan fingerprint density at radius 1 is 0.935 bits per heavy atom. The third-order valence-electron chi connectivity index (χ3n) is 4.86. The third-order valence-corrected chi connectivity index (χ3v) is 6.71. The standard InChI is InChI=1S/C26H16ClI2NO/c27-22-10-8-18(9-11-22)21(15-30)12-17-13-24(28)26(25(29)14-17)31-16-20-6-3-5-19-4-1-2-7-23(19)20/h1-14H,16H2/b21-12-. The van der Waals surface area contributed by atoms with E-state index >= 15 is 0 Å². The van der Waals surface area contributed by atoms with Crippen molar-refractivity contribution in [1.29, 1.82) is 5.26 Å². The Morgan fingerprint density at radius 3 is 2.32 bits per heavy atom. The molecule has 0 unspecified atom stereocenters. The smallest absolute Gasteiger partial charge is 0.146 e. The summed E-state index contributed by atoms with van der Waals surface area (Å²) in [5.74, 6) is 0.858. The molecule has 0 aliphatic carbocycles. The molecule has 152 valence electrons. The van der Waals surface area contributed by atoms with Crippen LogP contribution in [0, 0.1) is 18.5 Å². The first-order valence-electron chi connectivity index (χ1n) is 9.51. The SMILES string of the molecule is N#C/C(=C/c1cc(I)c(OCc2cccc3ccccc23)c(I)c1)c1ccc(Cl)cc1. The molecule has 0 heterocycles. The van der Waals surface area contributed by atoms with Crippen LogP contribution in [0.4, 0.5) is 0 Å². The summed E-state index contributed by atoms with van der Waals surface area (Å²) >= 11 is 10.5. The van der Waals surface area contributed by atoms with Gasteiger partial charge in [-0.15, -0.1) is 0 Å². The van der Waals surface area contributed by atoms with Crippen molar-refractivity contribution in [1.82, 2.24) is 0 Å². The van der Waals surface area contributed by atoms with Crippen molar-refractivity contribution in [3.63, 3.8) is 0 Å². The summed E-state index contributed by atoms with van der Waals surface area (Å²) in [6, 6.07) is 28.3. The molecule has 0 aromatic heterocycles. The molecule has 5 heteroatoms. The number of halogens is 3. The molecule has 2 nitrogen and oxygen atoms in total. The first-order chi connectivity index (χ1) is 15.0. The van der Waals surface area contributed by atoms with E-state index in [1.807, 2.05) is 42.5 Å². The quantitative estimate of drug-likeness (QED) is 0.124. The van der Waals surface area contributed by atoms with Crippen molar-refractivity contribution in [3.8, 4) is 11.8 Å². The molecule has 0 amide bonds. The minimum Gasteiger partial charge on any atom is -0.487 e. The fraction of sp³-hybridized carbons (Fsp3) is 0.0385. The maximum atomic E-state index is 9.62. The van der Waals surface area contributed by atoms with Gasteiger partial charge in [-0.1, -0.05) is 66.2 Å². The predicted molar refractivity (Wildman–Crippen MR) is 145 cm³/mol. The van der Waals surface area contributed by atoms with Crippen LogP contribution in [0.1, 0.15) is 16.7 Å². The van der Waals surface area contributed by atoms with E-state index in [0.717, 1.165) is 29.6 Å². The van der Waals surface area contributed by atoms with Crippen LogP contribution < -0.4 is 4.74 Å². The van der Waals surface area contributed by atoms with E-state index in [1.54, 1.807) is 12.1 Å². The van der Waals surface area contributed by atoms with E-state index in [9.17, 15) is 5.26 Å². The van der Waals surface area contributed by atoms with Crippen molar-refractivity contribution in [3.05, 3.63) is 108 Å². The Hall–Kier alpha value is -2.08. The Bertz CT molecular complexity index is 1300. The van der Waals surface area contributed by atoms with Gasteiger partial charge in [-0.2, -0.15) is 5.26 Å². The normalized spacial score (nSPS) is 11.4. The molecule has 0 aliphatic heterocycles. The van der Waals surface area contributed by atoms with Crippen molar-refractivity contribution in [2.24, 2.45) is 0 Å². The van der Waals surface area contributed by atoms with E-state index in [1.165, 1.54) is 10.8 Å². The van der Waals surface area contributed by atoms with Crippen LogP contribution in [0.25, 0.3) is 22.4 Å². The molecule has 31 heavy (non-hydrogen) atoms. The average Bonchev–Trinajstić information content (AvgIpc) is 2.77. The molecule has 4 aromatic rings. The first kappa shape index (κ1) is 22.1. The van der Waals surface area contributed by atoms with Gasteiger partial charge >= 0.3 is 0 Å². The van der Waals surface area contributed by atoms with Gasteiger partial charge in [0.05, 0.1) is 18.8 Å². The number of hydrogen-bond acceptors (Lipinski definition) is 2. The monoisotopic (exact) mass is 647 g/mol. The number of nitrogens with zero attached hydrogens (tertiary/aromatic N) is 1. The second kappa shape index (κ2) is 10.0. The zero-order valence-electron chi connectivity index (χ0n) is 16.3. The molecule has 0 bridgehead atoms. The van der Waals surface area contributed by atoms with E-state index < -0.39 is 0 Å². The third kappa shape index (κ3) is 5.22. The summed E-state index contributed by atoms with van der Waals surface area (Å²) in [7, 11) is 0. The van der Waals surface area contributed by atoms with Crippen LogP contribution in [0.5, 0.6) is 5.75 Å². The number of allylic oxidation sites excluding steroid dienone is 1. The van der Waals surface area contributed by atoms with Gasteiger partial charge in [0.1, 0.15) is 12.4 Å². The highest BCUT2D eigenvalue weighted by atomic mass is 127. The van der Waals surface area contributed by atoms with Gasteiger partial charge in [0.15, 0.2) is 0 Å². The molecule has 0 aliphatic rings. The second-order valence-corrected chi connectivity index (χ2v) is 9.68. The maximum absolute atomic E-state index is 9.62. The average molecular weight is 648 g/mol. The minimum atomic E-state index is 0.497. The highest BCUT2D eigenvalue weighted by molar-refractivity contribution is 14.1. The van der Waals surface area contributed by atoms with Gasteiger partial charge in [0.2, 0.25) is 0 Å². The Kier molecular flexibility index (Phi) is 7.16. The fourth-order valence-electron chi connectivity index (χ4n) is 3.35. The molecule has 0 fully saturated rings. The number of fused-ring (bicyclic) bond motifs is 1. The predicted octanol–water partition coefficient (Wildman–Crippen LogP) is 8.35. The fourth-order valence-corrected chi connectivity index (χ4v) is 5.60. The van der Waals surface area contributed by atoms with Crippen molar-refractivity contribution in [2.45, 2.75) is 6.61 Å². The Balaban J connectivity index is 1.60. The first-order valence-corrected chi connectivity index (χ1v) is 12.0. The maximum Gasteiger partial charge on any atom is 0.146 e. The summed E-state index contributed by atoms with van der Waals surface area (Å²) in [5.41, 5.74) is 3.54. The molecular weight excluding hydrogens is 632 g/mol. The summed E-state index contributed by atoms with van der Waals surface area (Å²) in [4.78, 5) is 0.